The van der Waals surface area contributed by atoms with Crippen molar-refractivity contribution in [1.82, 2.24) is 14.7 Å². The van der Waals surface area contributed by atoms with Crippen LogP contribution in [0.2, 0.25) is 0 Å². The molecule has 3 heterocycles. The Morgan fingerprint density at radius 1 is 1.44 bits per heavy atom. The molecule has 2 aliphatic rings. The maximum absolute atomic E-state index is 5.84. The minimum atomic E-state index is -0.0480. The Morgan fingerprint density at radius 2 is 2.22 bits per heavy atom. The summed E-state index contributed by atoms with van der Waals surface area (Å²) in [7, 11) is 0. The molecule has 0 saturated carbocycles. The van der Waals surface area contributed by atoms with E-state index in [0.29, 0.717) is 6.04 Å². The van der Waals surface area contributed by atoms with Crippen LogP contribution < -0.4 is 5.73 Å². The van der Waals surface area contributed by atoms with Crippen molar-refractivity contribution in [3.63, 3.8) is 0 Å². The van der Waals surface area contributed by atoms with E-state index < -0.39 is 0 Å². The molecule has 0 spiro atoms. The zero-order valence-corrected chi connectivity index (χ0v) is 10.7. The molecule has 2 saturated heterocycles. The lowest BCUT2D eigenvalue weighted by Gasteiger charge is -2.19. The zero-order chi connectivity index (χ0) is 12.5. The summed E-state index contributed by atoms with van der Waals surface area (Å²) < 4.78 is 12.9. The number of aromatic nitrogens is 2. The van der Waals surface area contributed by atoms with E-state index in [4.69, 9.17) is 15.2 Å². The molecule has 0 aromatic carbocycles. The molecule has 1 unspecified atom stereocenters. The van der Waals surface area contributed by atoms with Crippen LogP contribution in [0, 0.1) is 6.92 Å². The molecule has 100 valence electrons. The van der Waals surface area contributed by atoms with Gasteiger partial charge in [-0.15, -0.1) is 0 Å². The largest absolute Gasteiger partial charge is 0.396 e. The third-order valence-electron chi connectivity index (χ3n) is 3.67. The van der Waals surface area contributed by atoms with Gasteiger partial charge in [0, 0.05) is 25.8 Å². The fraction of sp³-hybridized carbons (Fsp3) is 0.750. The zero-order valence-electron chi connectivity index (χ0n) is 10.7. The van der Waals surface area contributed by atoms with Crippen LogP contribution in [0.5, 0.6) is 0 Å². The predicted octanol–water partition coefficient (Wildman–Crippen LogP) is 0.393. The number of hydrogen-bond acceptors (Lipinski definition) is 5. The lowest BCUT2D eigenvalue weighted by Crippen LogP contribution is -2.31. The number of hydrogen-bond donors (Lipinski definition) is 1. The summed E-state index contributed by atoms with van der Waals surface area (Å²) in [6.45, 7) is 6.29. The molecule has 0 amide bonds. The number of ether oxygens (including phenoxy) is 2. The number of anilines is 1. The van der Waals surface area contributed by atoms with E-state index in [-0.39, 0.29) is 6.29 Å². The Balaban J connectivity index is 1.57. The topological polar surface area (TPSA) is 65.5 Å². The number of nitrogens with zero attached hydrogens (tertiary/aromatic N) is 3. The van der Waals surface area contributed by atoms with Crippen LogP contribution in [0.25, 0.3) is 0 Å². The number of likely N-dealkylation sites (tertiary alicyclic amines) is 1. The minimum absolute atomic E-state index is 0.0480. The molecule has 3 rings (SSSR count). The van der Waals surface area contributed by atoms with E-state index in [2.05, 4.69) is 10.00 Å². The highest BCUT2D eigenvalue weighted by Gasteiger charge is 2.28. The van der Waals surface area contributed by atoms with Gasteiger partial charge in [0.25, 0.3) is 0 Å². The Morgan fingerprint density at radius 3 is 2.89 bits per heavy atom. The molecule has 1 aromatic rings. The highest BCUT2D eigenvalue weighted by molar-refractivity contribution is 5.39. The summed E-state index contributed by atoms with van der Waals surface area (Å²) in [6, 6.07) is 0.419. The third kappa shape index (κ3) is 2.36. The van der Waals surface area contributed by atoms with Crippen molar-refractivity contribution < 1.29 is 9.47 Å². The fourth-order valence-corrected chi connectivity index (χ4v) is 2.60. The first-order valence-corrected chi connectivity index (χ1v) is 6.49. The van der Waals surface area contributed by atoms with Crippen molar-refractivity contribution in [3.05, 3.63) is 11.9 Å². The molecule has 1 atom stereocenters. The molecule has 6 nitrogen and oxygen atoms in total. The van der Waals surface area contributed by atoms with Crippen LogP contribution >= 0.6 is 0 Å². The first-order valence-electron chi connectivity index (χ1n) is 6.49. The first-order chi connectivity index (χ1) is 8.72. The van der Waals surface area contributed by atoms with Crippen LogP contribution in [0.4, 0.5) is 5.69 Å². The van der Waals surface area contributed by atoms with E-state index in [1.807, 2.05) is 17.8 Å². The lowest BCUT2D eigenvalue weighted by atomic mass is 10.3. The van der Waals surface area contributed by atoms with Gasteiger partial charge in [-0.2, -0.15) is 5.10 Å². The van der Waals surface area contributed by atoms with Crippen LogP contribution in [0.15, 0.2) is 6.20 Å². The molecule has 0 radical (unpaired) electrons. The van der Waals surface area contributed by atoms with Gasteiger partial charge in [-0.1, -0.05) is 0 Å². The van der Waals surface area contributed by atoms with E-state index in [9.17, 15) is 0 Å². The molecular formula is C12H20N4O2. The van der Waals surface area contributed by atoms with Crippen molar-refractivity contribution in [1.29, 1.82) is 0 Å². The van der Waals surface area contributed by atoms with E-state index in [0.717, 1.165) is 50.7 Å². The molecule has 6 heteroatoms. The number of rotatable bonds is 3. The third-order valence-corrected chi connectivity index (χ3v) is 3.67. The first kappa shape index (κ1) is 12.0. The molecule has 0 bridgehead atoms. The summed E-state index contributed by atoms with van der Waals surface area (Å²) in [5, 5.41) is 4.46. The number of aryl methyl sites for hydroxylation is 1. The monoisotopic (exact) mass is 252 g/mol. The minimum Gasteiger partial charge on any atom is -0.396 e. The molecule has 2 aliphatic heterocycles. The molecule has 2 fully saturated rings. The number of nitrogen functional groups attached to an aromatic ring is 1. The van der Waals surface area contributed by atoms with Gasteiger partial charge in [-0.05, 0) is 13.3 Å². The second kappa shape index (κ2) is 4.87. The second-order valence-electron chi connectivity index (χ2n) is 5.02. The average Bonchev–Trinajstić information content (AvgIpc) is 3.03. The molecule has 1 aromatic heterocycles. The van der Waals surface area contributed by atoms with Crippen LogP contribution in [0.3, 0.4) is 0 Å². The molecular weight excluding hydrogens is 232 g/mol. The summed E-state index contributed by atoms with van der Waals surface area (Å²) in [5.41, 5.74) is 7.52. The van der Waals surface area contributed by atoms with Crippen molar-refractivity contribution in [3.8, 4) is 0 Å². The van der Waals surface area contributed by atoms with E-state index in [1.54, 1.807) is 0 Å². The van der Waals surface area contributed by atoms with Crippen LogP contribution in [0.1, 0.15) is 18.2 Å². The smallest absolute Gasteiger partial charge is 0.170 e. The van der Waals surface area contributed by atoms with Crippen molar-refractivity contribution in [2.45, 2.75) is 25.7 Å². The number of nitrogens with two attached hydrogens (primary N) is 1. The normalized spacial score (nSPS) is 26.2. The maximum atomic E-state index is 5.84. The average molecular weight is 252 g/mol. The Bertz CT molecular complexity index is 395. The van der Waals surface area contributed by atoms with E-state index >= 15 is 0 Å². The van der Waals surface area contributed by atoms with E-state index in [1.165, 1.54) is 0 Å². The Labute approximate surface area is 107 Å². The second-order valence-corrected chi connectivity index (χ2v) is 5.02. The summed E-state index contributed by atoms with van der Waals surface area (Å²) in [4.78, 5) is 2.37. The van der Waals surface area contributed by atoms with Crippen molar-refractivity contribution in [2.75, 3.05) is 38.6 Å². The highest BCUT2D eigenvalue weighted by Crippen LogP contribution is 2.23. The predicted molar refractivity (Wildman–Crippen MR) is 67.2 cm³/mol. The van der Waals surface area contributed by atoms with Gasteiger partial charge in [0.05, 0.1) is 30.6 Å². The Hall–Kier alpha value is -1.11. The van der Waals surface area contributed by atoms with Gasteiger partial charge in [0.1, 0.15) is 0 Å². The molecule has 0 aliphatic carbocycles. The molecule has 18 heavy (non-hydrogen) atoms. The van der Waals surface area contributed by atoms with Gasteiger partial charge < -0.3 is 15.2 Å². The quantitative estimate of drug-likeness (QED) is 0.843. The van der Waals surface area contributed by atoms with Gasteiger partial charge >= 0.3 is 0 Å². The van der Waals surface area contributed by atoms with Crippen molar-refractivity contribution >= 4 is 5.69 Å². The van der Waals surface area contributed by atoms with Gasteiger partial charge in [0.2, 0.25) is 0 Å². The standard InChI is InChI=1S/C12H20N4O2/c1-9-11(13)7-16(14-9)10-2-3-15(6-10)8-12-17-4-5-18-12/h7,10,12H,2-6,8,13H2,1H3. The lowest BCUT2D eigenvalue weighted by molar-refractivity contribution is -0.0589. The van der Waals surface area contributed by atoms with Gasteiger partial charge in [-0.3, -0.25) is 9.58 Å². The van der Waals surface area contributed by atoms with Gasteiger partial charge in [0.15, 0.2) is 6.29 Å². The summed E-state index contributed by atoms with van der Waals surface area (Å²) in [5.74, 6) is 0. The summed E-state index contributed by atoms with van der Waals surface area (Å²) in [6.07, 6.45) is 2.99. The van der Waals surface area contributed by atoms with Crippen LogP contribution in [-0.4, -0.2) is 53.8 Å². The molecule has 2 N–H and O–H groups in total. The van der Waals surface area contributed by atoms with Gasteiger partial charge in [-0.25, -0.2) is 0 Å². The fourth-order valence-electron chi connectivity index (χ4n) is 2.60. The SMILES string of the molecule is Cc1nn(C2CCN(CC3OCCO3)C2)cc1N. The Kier molecular flexibility index (Phi) is 3.23. The van der Waals surface area contributed by atoms with Crippen molar-refractivity contribution in [2.24, 2.45) is 0 Å². The summed E-state index contributed by atoms with van der Waals surface area (Å²) >= 11 is 0. The maximum Gasteiger partial charge on any atom is 0.170 e. The highest BCUT2D eigenvalue weighted by atomic mass is 16.7. The van der Waals surface area contributed by atoms with Crippen LogP contribution in [-0.2, 0) is 9.47 Å².